The minimum absolute atomic E-state index is 0.113. The van der Waals surface area contributed by atoms with Crippen LogP contribution in [0, 0.1) is 13.8 Å². The minimum atomic E-state index is -4.53. The molecule has 0 aliphatic carbocycles. The minimum Gasteiger partial charge on any atom is -0.305 e. The van der Waals surface area contributed by atoms with Gasteiger partial charge in [-0.25, -0.2) is 4.98 Å². The molecule has 22 heavy (non-hydrogen) atoms. The number of carbonyl (C=O) groups excluding carboxylic acids is 1. The molecular weight excluding hydrogens is 317 g/mol. The first-order chi connectivity index (χ1) is 10.2. The summed E-state index contributed by atoms with van der Waals surface area (Å²) in [7, 11) is 0. The summed E-state index contributed by atoms with van der Waals surface area (Å²) in [5.74, 6) is -0.602. The second-order valence-corrected chi connectivity index (χ2v) is 5.21. The van der Waals surface area contributed by atoms with Gasteiger partial charge in [0.25, 0.3) is 5.91 Å². The van der Waals surface area contributed by atoms with E-state index in [1.165, 1.54) is 0 Å². The third-order valence-electron chi connectivity index (χ3n) is 3.17. The van der Waals surface area contributed by atoms with Crippen molar-refractivity contribution in [1.82, 2.24) is 4.98 Å². The van der Waals surface area contributed by atoms with Gasteiger partial charge in [-0.1, -0.05) is 17.7 Å². The largest absolute Gasteiger partial charge is 0.417 e. The molecule has 1 aromatic heterocycles. The number of halogens is 4. The highest BCUT2D eigenvalue weighted by Gasteiger charge is 2.31. The van der Waals surface area contributed by atoms with E-state index in [0.717, 1.165) is 17.2 Å². The van der Waals surface area contributed by atoms with Gasteiger partial charge in [0.15, 0.2) is 5.82 Å². The SMILES string of the molecule is Cc1ccc(C(=O)Nc2ncc(C(F)(F)F)cc2Cl)cc1C. The van der Waals surface area contributed by atoms with Gasteiger partial charge in [-0.3, -0.25) is 4.79 Å². The fourth-order valence-corrected chi connectivity index (χ4v) is 1.96. The first kappa shape index (κ1) is 16.3. The molecule has 0 saturated heterocycles. The van der Waals surface area contributed by atoms with Crippen molar-refractivity contribution in [2.24, 2.45) is 0 Å². The summed E-state index contributed by atoms with van der Waals surface area (Å²) in [4.78, 5) is 15.6. The van der Waals surface area contributed by atoms with Crippen molar-refractivity contribution in [1.29, 1.82) is 0 Å². The number of nitrogens with one attached hydrogen (secondary N) is 1. The maximum Gasteiger partial charge on any atom is 0.417 e. The number of hydrogen-bond donors (Lipinski definition) is 1. The van der Waals surface area contributed by atoms with Crippen LogP contribution in [0.1, 0.15) is 27.0 Å². The summed E-state index contributed by atoms with van der Waals surface area (Å²) in [6.07, 6.45) is -3.91. The molecule has 1 N–H and O–H groups in total. The van der Waals surface area contributed by atoms with E-state index in [9.17, 15) is 18.0 Å². The number of anilines is 1. The lowest BCUT2D eigenvalue weighted by Gasteiger charge is -2.10. The zero-order valence-electron chi connectivity index (χ0n) is 11.8. The summed E-state index contributed by atoms with van der Waals surface area (Å²) in [5.41, 5.74) is 1.36. The first-order valence-electron chi connectivity index (χ1n) is 6.30. The van der Waals surface area contributed by atoms with E-state index in [0.29, 0.717) is 11.8 Å². The van der Waals surface area contributed by atoms with E-state index < -0.39 is 17.6 Å². The van der Waals surface area contributed by atoms with Crippen LogP contribution in [-0.4, -0.2) is 10.9 Å². The van der Waals surface area contributed by atoms with E-state index in [4.69, 9.17) is 11.6 Å². The molecule has 1 aromatic carbocycles. The van der Waals surface area contributed by atoms with Crippen molar-refractivity contribution in [3.05, 3.63) is 57.7 Å². The predicted molar refractivity (Wildman–Crippen MR) is 78.1 cm³/mol. The third-order valence-corrected chi connectivity index (χ3v) is 3.46. The molecule has 0 radical (unpaired) electrons. The van der Waals surface area contributed by atoms with Crippen LogP contribution in [0.4, 0.5) is 19.0 Å². The van der Waals surface area contributed by atoms with Gasteiger partial charge in [0.1, 0.15) is 0 Å². The number of benzene rings is 1. The molecule has 1 amide bonds. The van der Waals surface area contributed by atoms with Gasteiger partial charge in [-0.2, -0.15) is 13.2 Å². The van der Waals surface area contributed by atoms with Crippen molar-refractivity contribution < 1.29 is 18.0 Å². The monoisotopic (exact) mass is 328 g/mol. The molecule has 2 rings (SSSR count). The van der Waals surface area contributed by atoms with Crippen LogP contribution in [0.5, 0.6) is 0 Å². The van der Waals surface area contributed by atoms with Crippen molar-refractivity contribution in [2.45, 2.75) is 20.0 Å². The van der Waals surface area contributed by atoms with Crippen molar-refractivity contribution in [3.63, 3.8) is 0 Å². The summed E-state index contributed by atoms with van der Waals surface area (Å²) in [5, 5.41) is 2.13. The molecule has 116 valence electrons. The number of alkyl halides is 3. The second kappa shape index (κ2) is 5.96. The Morgan fingerprint density at radius 2 is 1.86 bits per heavy atom. The highest BCUT2D eigenvalue weighted by molar-refractivity contribution is 6.33. The highest BCUT2D eigenvalue weighted by atomic mass is 35.5. The maximum absolute atomic E-state index is 12.5. The Kier molecular flexibility index (Phi) is 4.42. The molecule has 0 aliphatic heterocycles. The quantitative estimate of drug-likeness (QED) is 0.873. The lowest BCUT2D eigenvalue weighted by atomic mass is 10.1. The number of hydrogen-bond acceptors (Lipinski definition) is 2. The molecule has 2 aromatic rings. The summed E-state index contributed by atoms with van der Waals surface area (Å²) in [6, 6.07) is 5.81. The van der Waals surface area contributed by atoms with Crippen LogP contribution < -0.4 is 5.32 Å². The summed E-state index contributed by atoms with van der Waals surface area (Å²) >= 11 is 5.75. The Bertz CT molecular complexity index is 729. The Labute approximate surface area is 130 Å². The third kappa shape index (κ3) is 3.57. The van der Waals surface area contributed by atoms with Crippen LogP contribution in [0.3, 0.4) is 0 Å². The summed E-state index contributed by atoms with van der Waals surface area (Å²) < 4.78 is 37.6. The average molecular weight is 329 g/mol. The molecule has 0 unspecified atom stereocenters. The maximum atomic E-state index is 12.5. The lowest BCUT2D eigenvalue weighted by molar-refractivity contribution is -0.137. The molecule has 7 heteroatoms. The number of aromatic nitrogens is 1. The Balaban J connectivity index is 2.23. The lowest BCUT2D eigenvalue weighted by Crippen LogP contribution is -2.14. The smallest absolute Gasteiger partial charge is 0.305 e. The van der Waals surface area contributed by atoms with Crippen LogP contribution >= 0.6 is 11.6 Å². The van der Waals surface area contributed by atoms with Gasteiger partial charge in [0.2, 0.25) is 0 Å². The van der Waals surface area contributed by atoms with Crippen molar-refractivity contribution in [3.8, 4) is 0 Å². The predicted octanol–water partition coefficient (Wildman–Crippen LogP) is 4.62. The molecule has 0 bridgehead atoms. The zero-order valence-corrected chi connectivity index (χ0v) is 12.5. The molecule has 1 heterocycles. The van der Waals surface area contributed by atoms with Crippen molar-refractivity contribution >= 4 is 23.3 Å². The molecule has 0 aliphatic rings. The van der Waals surface area contributed by atoms with Gasteiger partial charge in [0, 0.05) is 11.8 Å². The highest BCUT2D eigenvalue weighted by Crippen LogP contribution is 2.32. The molecular formula is C15H12ClF3N2O. The second-order valence-electron chi connectivity index (χ2n) is 4.81. The molecule has 0 saturated carbocycles. The van der Waals surface area contributed by atoms with E-state index in [1.54, 1.807) is 18.2 Å². The van der Waals surface area contributed by atoms with Gasteiger partial charge in [-0.05, 0) is 43.2 Å². The summed E-state index contributed by atoms with van der Waals surface area (Å²) in [6.45, 7) is 3.76. The van der Waals surface area contributed by atoms with Crippen LogP contribution in [-0.2, 0) is 6.18 Å². The van der Waals surface area contributed by atoms with Crippen molar-refractivity contribution in [2.75, 3.05) is 5.32 Å². The van der Waals surface area contributed by atoms with E-state index in [1.807, 2.05) is 13.8 Å². The topological polar surface area (TPSA) is 42.0 Å². The van der Waals surface area contributed by atoms with Gasteiger partial charge < -0.3 is 5.32 Å². The average Bonchev–Trinajstić information content (AvgIpc) is 2.42. The normalized spacial score (nSPS) is 11.4. The number of aryl methyl sites for hydroxylation is 2. The number of rotatable bonds is 2. The van der Waals surface area contributed by atoms with E-state index in [2.05, 4.69) is 10.3 Å². The van der Waals surface area contributed by atoms with Crippen LogP contribution in [0.2, 0.25) is 5.02 Å². The molecule has 0 fully saturated rings. The van der Waals surface area contributed by atoms with Gasteiger partial charge >= 0.3 is 6.18 Å². The van der Waals surface area contributed by atoms with E-state index >= 15 is 0 Å². The standard InChI is InChI=1S/C15H12ClF3N2O/c1-8-3-4-10(5-9(8)2)14(22)21-13-12(16)6-11(7-20-13)15(17,18)19/h3-7H,1-2H3,(H,20,21,22). The van der Waals surface area contributed by atoms with Gasteiger partial charge in [0.05, 0.1) is 10.6 Å². The fourth-order valence-electron chi connectivity index (χ4n) is 1.75. The Morgan fingerprint density at radius 1 is 1.18 bits per heavy atom. The molecule has 0 spiro atoms. The fraction of sp³-hybridized carbons (Fsp3) is 0.200. The van der Waals surface area contributed by atoms with Crippen LogP contribution in [0.25, 0.3) is 0 Å². The number of pyridine rings is 1. The van der Waals surface area contributed by atoms with E-state index in [-0.39, 0.29) is 10.8 Å². The Hall–Kier alpha value is -2.08. The Morgan fingerprint density at radius 3 is 2.41 bits per heavy atom. The number of nitrogens with zero attached hydrogens (tertiary/aromatic N) is 1. The first-order valence-corrected chi connectivity index (χ1v) is 6.67. The zero-order chi connectivity index (χ0) is 16.5. The number of amides is 1. The van der Waals surface area contributed by atoms with Gasteiger partial charge in [-0.15, -0.1) is 0 Å². The number of carbonyl (C=O) groups is 1. The molecule has 0 atom stereocenters. The molecule has 3 nitrogen and oxygen atoms in total. The van der Waals surface area contributed by atoms with Crippen LogP contribution in [0.15, 0.2) is 30.5 Å².